The summed E-state index contributed by atoms with van der Waals surface area (Å²) in [4.78, 5) is 35.1. The molecule has 4 N–H and O–H groups in total. The lowest BCUT2D eigenvalue weighted by molar-refractivity contribution is -0.139. The fourth-order valence-corrected chi connectivity index (χ4v) is 3.06. The third kappa shape index (κ3) is 4.98. The molecule has 1 fully saturated rings. The van der Waals surface area contributed by atoms with E-state index in [1.807, 2.05) is 0 Å². The second kappa shape index (κ2) is 7.22. The number of hydrogen-bond acceptors (Lipinski definition) is 4. The second-order valence-corrected chi connectivity index (χ2v) is 5.62. The van der Waals surface area contributed by atoms with Crippen molar-refractivity contribution in [3.63, 3.8) is 0 Å². The summed E-state index contributed by atoms with van der Waals surface area (Å²) >= 11 is 1.77. The minimum Gasteiger partial charge on any atom is -0.480 e. The van der Waals surface area contributed by atoms with Crippen LogP contribution in [0, 0.1) is 0 Å². The first kappa shape index (κ1) is 15.6. The highest BCUT2D eigenvalue weighted by Gasteiger charge is 2.27. The molecule has 1 saturated heterocycles. The number of thioether (sulfide) groups is 1. The van der Waals surface area contributed by atoms with Gasteiger partial charge >= 0.3 is 12.0 Å². The third-order valence-electron chi connectivity index (χ3n) is 3.05. The molecule has 8 heteroatoms. The zero-order valence-electron chi connectivity index (χ0n) is 10.8. The molecule has 0 radical (unpaired) electrons. The molecule has 1 aliphatic heterocycles. The molecule has 19 heavy (non-hydrogen) atoms. The molecular weight excluding hydrogens is 270 g/mol. The zero-order chi connectivity index (χ0) is 14.4. The molecule has 0 bridgehead atoms. The lowest BCUT2D eigenvalue weighted by Crippen LogP contribution is -2.50. The highest BCUT2D eigenvalue weighted by atomic mass is 32.2. The van der Waals surface area contributed by atoms with Crippen LogP contribution in [0.2, 0.25) is 0 Å². The summed E-state index contributed by atoms with van der Waals surface area (Å²) in [7, 11) is 1.65. The van der Waals surface area contributed by atoms with E-state index in [0.29, 0.717) is 0 Å². The van der Waals surface area contributed by atoms with Crippen molar-refractivity contribution in [3.05, 3.63) is 0 Å². The molecule has 2 atom stereocenters. The predicted octanol–water partition coefficient (Wildman–Crippen LogP) is -0.148. The van der Waals surface area contributed by atoms with Gasteiger partial charge in [0, 0.05) is 25.3 Å². The molecule has 108 valence electrons. The second-order valence-electron chi connectivity index (χ2n) is 4.47. The molecule has 0 aromatic heterocycles. The van der Waals surface area contributed by atoms with E-state index in [4.69, 9.17) is 10.8 Å². The van der Waals surface area contributed by atoms with Crippen LogP contribution < -0.4 is 11.1 Å². The number of amides is 3. The van der Waals surface area contributed by atoms with Gasteiger partial charge in [-0.25, -0.2) is 9.59 Å². The third-order valence-corrected chi connectivity index (χ3v) is 4.19. The van der Waals surface area contributed by atoms with Crippen molar-refractivity contribution in [2.24, 2.45) is 5.73 Å². The van der Waals surface area contributed by atoms with Crippen LogP contribution >= 0.6 is 11.8 Å². The number of hydrogen-bond donors (Lipinski definition) is 3. The maximum absolute atomic E-state index is 11.9. The Labute approximate surface area is 115 Å². The van der Waals surface area contributed by atoms with Crippen LogP contribution in [-0.4, -0.2) is 58.6 Å². The van der Waals surface area contributed by atoms with E-state index in [1.165, 1.54) is 4.90 Å². The minimum absolute atomic E-state index is 0.00363. The SMILES string of the molecule is CN(C(=O)N[C@H](CCC(N)=O)C(=O)O)C1CCSC1. The number of carboxylic acid groups (broad SMARTS) is 1. The van der Waals surface area contributed by atoms with E-state index in [9.17, 15) is 14.4 Å². The first-order valence-corrected chi connectivity index (χ1v) is 7.19. The zero-order valence-corrected chi connectivity index (χ0v) is 11.6. The maximum Gasteiger partial charge on any atom is 0.326 e. The molecular formula is C11H19N3O4S. The average Bonchev–Trinajstić information content (AvgIpc) is 2.86. The van der Waals surface area contributed by atoms with Gasteiger partial charge < -0.3 is 21.1 Å². The fraction of sp³-hybridized carbons (Fsp3) is 0.727. The first-order valence-electron chi connectivity index (χ1n) is 6.04. The van der Waals surface area contributed by atoms with Crippen LogP contribution in [0.25, 0.3) is 0 Å². The van der Waals surface area contributed by atoms with E-state index in [0.717, 1.165) is 17.9 Å². The highest BCUT2D eigenvalue weighted by Crippen LogP contribution is 2.21. The Hall–Kier alpha value is -1.44. The largest absolute Gasteiger partial charge is 0.480 e. The molecule has 1 rings (SSSR count). The van der Waals surface area contributed by atoms with Gasteiger partial charge in [-0.1, -0.05) is 0 Å². The fourth-order valence-electron chi connectivity index (χ4n) is 1.79. The van der Waals surface area contributed by atoms with Crippen molar-refractivity contribution >= 4 is 29.7 Å². The first-order chi connectivity index (χ1) is 8.91. The number of nitrogens with one attached hydrogen (secondary N) is 1. The number of aliphatic carboxylic acids is 1. The Morgan fingerprint density at radius 3 is 2.68 bits per heavy atom. The standard InChI is InChI=1S/C11H19N3O4S/c1-14(7-4-5-19-6-7)11(18)13-8(10(16)17)2-3-9(12)15/h7-8H,2-6H2,1H3,(H2,12,15)(H,13,18)(H,16,17)/t7?,8-/m1/s1. The number of primary amides is 1. The van der Waals surface area contributed by atoms with Crippen LogP contribution in [0.15, 0.2) is 0 Å². The van der Waals surface area contributed by atoms with Gasteiger partial charge in [0.15, 0.2) is 0 Å². The van der Waals surface area contributed by atoms with Crippen LogP contribution in [0.4, 0.5) is 4.79 Å². The summed E-state index contributed by atoms with van der Waals surface area (Å²) in [5.41, 5.74) is 4.97. The van der Waals surface area contributed by atoms with Crippen molar-refractivity contribution in [1.82, 2.24) is 10.2 Å². The maximum atomic E-state index is 11.9. The Bertz CT molecular complexity index is 358. The van der Waals surface area contributed by atoms with Gasteiger partial charge in [0.05, 0.1) is 0 Å². The summed E-state index contributed by atoms with van der Waals surface area (Å²) in [5.74, 6) is 0.125. The smallest absolute Gasteiger partial charge is 0.326 e. The van der Waals surface area contributed by atoms with E-state index >= 15 is 0 Å². The summed E-state index contributed by atoms with van der Waals surface area (Å²) < 4.78 is 0. The minimum atomic E-state index is -1.16. The number of rotatable bonds is 6. The monoisotopic (exact) mass is 289 g/mol. The molecule has 1 unspecified atom stereocenters. The van der Waals surface area contributed by atoms with Crippen molar-refractivity contribution in [1.29, 1.82) is 0 Å². The Morgan fingerprint density at radius 1 is 1.53 bits per heavy atom. The number of nitrogens with zero attached hydrogens (tertiary/aromatic N) is 1. The molecule has 7 nitrogen and oxygen atoms in total. The highest BCUT2D eigenvalue weighted by molar-refractivity contribution is 7.99. The van der Waals surface area contributed by atoms with Gasteiger partial charge in [0.2, 0.25) is 5.91 Å². The summed E-state index contributed by atoms with van der Waals surface area (Å²) in [5, 5.41) is 11.4. The molecule has 3 amide bonds. The number of urea groups is 1. The van der Waals surface area contributed by atoms with Crippen LogP contribution in [0.1, 0.15) is 19.3 Å². The quantitative estimate of drug-likeness (QED) is 0.629. The number of carbonyl (C=O) groups excluding carboxylic acids is 2. The van der Waals surface area contributed by atoms with Gasteiger partial charge in [-0.2, -0.15) is 11.8 Å². The topological polar surface area (TPSA) is 113 Å². The van der Waals surface area contributed by atoms with Crippen molar-refractivity contribution in [2.45, 2.75) is 31.3 Å². The van der Waals surface area contributed by atoms with Gasteiger partial charge in [-0.05, 0) is 18.6 Å². The molecule has 0 aromatic rings. The van der Waals surface area contributed by atoms with E-state index in [-0.39, 0.29) is 18.9 Å². The van der Waals surface area contributed by atoms with E-state index in [2.05, 4.69) is 5.32 Å². The summed E-state index contributed by atoms with van der Waals surface area (Å²) in [6.07, 6.45) is 0.845. The van der Waals surface area contributed by atoms with Crippen LogP contribution in [0.3, 0.4) is 0 Å². The number of nitrogens with two attached hydrogens (primary N) is 1. The predicted molar refractivity (Wildman–Crippen MR) is 71.9 cm³/mol. The van der Waals surface area contributed by atoms with Gasteiger partial charge in [0.1, 0.15) is 6.04 Å². The van der Waals surface area contributed by atoms with Gasteiger partial charge in [-0.3, -0.25) is 4.79 Å². The van der Waals surface area contributed by atoms with Gasteiger partial charge in [0.25, 0.3) is 0 Å². The van der Waals surface area contributed by atoms with Crippen LogP contribution in [-0.2, 0) is 9.59 Å². The Balaban J connectivity index is 2.50. The molecule has 0 aromatic carbocycles. The van der Waals surface area contributed by atoms with Gasteiger partial charge in [-0.15, -0.1) is 0 Å². The molecule has 1 aliphatic rings. The molecule has 0 saturated carbocycles. The number of carboxylic acids is 1. The van der Waals surface area contributed by atoms with Crippen molar-refractivity contribution in [3.8, 4) is 0 Å². The average molecular weight is 289 g/mol. The van der Waals surface area contributed by atoms with Crippen molar-refractivity contribution < 1.29 is 19.5 Å². The van der Waals surface area contributed by atoms with Crippen molar-refractivity contribution in [2.75, 3.05) is 18.6 Å². The summed E-state index contributed by atoms with van der Waals surface area (Å²) in [6.45, 7) is 0. The normalized spacial score (nSPS) is 19.7. The lowest BCUT2D eigenvalue weighted by atomic mass is 10.1. The Morgan fingerprint density at radius 2 is 2.21 bits per heavy atom. The molecule has 1 heterocycles. The van der Waals surface area contributed by atoms with E-state index in [1.54, 1.807) is 18.8 Å². The summed E-state index contributed by atoms with van der Waals surface area (Å²) in [6, 6.07) is -1.38. The molecule has 0 spiro atoms. The molecule has 0 aliphatic carbocycles. The van der Waals surface area contributed by atoms with Crippen LogP contribution in [0.5, 0.6) is 0 Å². The van der Waals surface area contributed by atoms with E-state index < -0.39 is 23.9 Å². The lowest BCUT2D eigenvalue weighted by Gasteiger charge is -2.26. The number of carbonyl (C=O) groups is 3. The Kier molecular flexibility index (Phi) is 5.94.